The first-order valence-electron chi connectivity index (χ1n) is 6.86. The van der Waals surface area contributed by atoms with Gasteiger partial charge in [-0.05, 0) is 44.4 Å². The molecule has 3 N–H and O–H groups in total. The van der Waals surface area contributed by atoms with Crippen molar-refractivity contribution in [1.82, 2.24) is 5.32 Å². The van der Waals surface area contributed by atoms with Crippen molar-refractivity contribution in [3.8, 4) is 0 Å². The molecule has 0 unspecified atom stereocenters. The van der Waals surface area contributed by atoms with E-state index in [9.17, 15) is 4.79 Å². The lowest BCUT2D eigenvalue weighted by atomic mass is 9.94. The van der Waals surface area contributed by atoms with Crippen LogP contribution in [0, 0.1) is 0 Å². The largest absolute Gasteiger partial charge is 0.364 e. The number of benzene rings is 1. The molecule has 4 nitrogen and oxygen atoms in total. The van der Waals surface area contributed by atoms with Crippen LogP contribution in [0.15, 0.2) is 24.3 Å². The van der Waals surface area contributed by atoms with Crippen molar-refractivity contribution in [2.75, 3.05) is 6.54 Å². The van der Waals surface area contributed by atoms with E-state index >= 15 is 0 Å². The van der Waals surface area contributed by atoms with Crippen molar-refractivity contribution in [3.63, 3.8) is 0 Å². The fourth-order valence-corrected chi connectivity index (χ4v) is 2.60. The lowest BCUT2D eigenvalue weighted by molar-refractivity contribution is -0.133. The minimum Gasteiger partial charge on any atom is -0.364 e. The van der Waals surface area contributed by atoms with Crippen LogP contribution in [0.5, 0.6) is 0 Å². The molecule has 1 amide bonds. The van der Waals surface area contributed by atoms with E-state index in [1.165, 1.54) is 0 Å². The van der Waals surface area contributed by atoms with Crippen LogP contribution in [0.1, 0.15) is 32.3 Å². The van der Waals surface area contributed by atoms with Gasteiger partial charge in [-0.1, -0.05) is 23.7 Å². The van der Waals surface area contributed by atoms with Gasteiger partial charge in [0.05, 0.1) is 11.6 Å². The van der Waals surface area contributed by atoms with Crippen LogP contribution in [0.4, 0.5) is 0 Å². The van der Waals surface area contributed by atoms with Gasteiger partial charge in [0, 0.05) is 11.6 Å². The molecule has 1 saturated heterocycles. The van der Waals surface area contributed by atoms with E-state index in [4.69, 9.17) is 22.1 Å². The van der Waals surface area contributed by atoms with Gasteiger partial charge >= 0.3 is 0 Å². The molecule has 0 saturated carbocycles. The Hall–Kier alpha value is -0.810. The maximum absolute atomic E-state index is 12.3. The number of hydrogen-bond donors (Lipinski definition) is 2. The first-order valence-corrected chi connectivity index (χ1v) is 7.24. The van der Waals surface area contributed by atoms with Gasteiger partial charge in [0.15, 0.2) is 0 Å². The van der Waals surface area contributed by atoms with E-state index in [1.807, 2.05) is 38.1 Å². The Bertz CT molecular complexity index is 494. The Labute approximate surface area is 136 Å². The van der Waals surface area contributed by atoms with Gasteiger partial charge in [-0.25, -0.2) is 0 Å². The Kier molecular flexibility index (Phi) is 6.47. The van der Waals surface area contributed by atoms with Gasteiger partial charge in [0.2, 0.25) is 5.91 Å². The standard InChI is InChI=1S/C15H21ClN2O2.ClH/c1-15(2,10-4-3-5-11(16)8-10)18-14(19)13-7-6-12(9-17)20-13;/h3-5,8,12-13H,6-7,9,17H2,1-2H3,(H,18,19);1H/t12-,13+;/m1./s1. The van der Waals surface area contributed by atoms with Crippen molar-refractivity contribution in [2.45, 2.75) is 44.4 Å². The number of hydrogen-bond acceptors (Lipinski definition) is 3. The maximum atomic E-state index is 12.3. The molecule has 0 aliphatic carbocycles. The Balaban J connectivity index is 0.00000220. The number of amides is 1. The molecular formula is C15H22Cl2N2O2. The average Bonchev–Trinajstić information content (AvgIpc) is 2.87. The van der Waals surface area contributed by atoms with Gasteiger partial charge in [-0.2, -0.15) is 0 Å². The summed E-state index contributed by atoms with van der Waals surface area (Å²) in [7, 11) is 0. The quantitative estimate of drug-likeness (QED) is 0.890. The fourth-order valence-electron chi connectivity index (χ4n) is 2.41. The molecule has 0 bridgehead atoms. The molecule has 0 spiro atoms. The maximum Gasteiger partial charge on any atom is 0.249 e. The number of nitrogens with two attached hydrogens (primary N) is 1. The normalized spacial score (nSPS) is 21.7. The zero-order valence-corrected chi connectivity index (χ0v) is 13.8. The van der Waals surface area contributed by atoms with E-state index < -0.39 is 11.6 Å². The molecule has 118 valence electrons. The van der Waals surface area contributed by atoms with E-state index in [0.717, 1.165) is 18.4 Å². The second kappa shape index (κ2) is 7.45. The smallest absolute Gasteiger partial charge is 0.249 e. The van der Waals surface area contributed by atoms with Gasteiger partial charge in [0.25, 0.3) is 0 Å². The zero-order valence-electron chi connectivity index (χ0n) is 12.3. The summed E-state index contributed by atoms with van der Waals surface area (Å²) in [6.45, 7) is 4.36. The summed E-state index contributed by atoms with van der Waals surface area (Å²) in [6, 6.07) is 7.50. The van der Waals surface area contributed by atoms with Gasteiger partial charge in [0.1, 0.15) is 6.10 Å². The molecule has 1 fully saturated rings. The zero-order chi connectivity index (χ0) is 14.8. The SMILES string of the molecule is CC(C)(NC(=O)[C@@H]1CC[C@H](CN)O1)c1cccc(Cl)c1.Cl. The molecular weight excluding hydrogens is 311 g/mol. The third-order valence-corrected chi connectivity index (χ3v) is 3.88. The number of rotatable bonds is 4. The highest BCUT2D eigenvalue weighted by atomic mass is 35.5. The van der Waals surface area contributed by atoms with Crippen LogP contribution in [0.2, 0.25) is 5.02 Å². The Morgan fingerprint density at radius 2 is 2.19 bits per heavy atom. The van der Waals surface area contributed by atoms with E-state index in [2.05, 4.69) is 5.32 Å². The van der Waals surface area contributed by atoms with Gasteiger partial charge in [-0.15, -0.1) is 12.4 Å². The highest BCUT2D eigenvalue weighted by Crippen LogP contribution is 2.25. The summed E-state index contributed by atoms with van der Waals surface area (Å²) in [5.74, 6) is -0.0917. The minimum atomic E-state index is -0.494. The highest BCUT2D eigenvalue weighted by Gasteiger charge is 2.33. The second-order valence-corrected chi connectivity index (χ2v) is 6.12. The number of carbonyl (C=O) groups excluding carboxylic acids is 1. The molecule has 0 radical (unpaired) electrons. The number of nitrogens with one attached hydrogen (secondary N) is 1. The lowest BCUT2D eigenvalue weighted by Crippen LogP contribution is -2.46. The Morgan fingerprint density at radius 3 is 2.76 bits per heavy atom. The van der Waals surface area contributed by atoms with Crippen molar-refractivity contribution in [3.05, 3.63) is 34.9 Å². The van der Waals surface area contributed by atoms with Crippen LogP contribution >= 0.6 is 24.0 Å². The van der Waals surface area contributed by atoms with E-state index in [0.29, 0.717) is 11.6 Å². The second-order valence-electron chi connectivity index (χ2n) is 5.68. The number of halogens is 2. The molecule has 1 aromatic carbocycles. The van der Waals surface area contributed by atoms with Crippen LogP contribution in [-0.4, -0.2) is 24.7 Å². The molecule has 1 heterocycles. The molecule has 0 aromatic heterocycles. The summed E-state index contributed by atoms with van der Waals surface area (Å²) in [4.78, 5) is 12.3. The molecule has 1 aromatic rings. The van der Waals surface area contributed by atoms with Crippen LogP contribution in [0.3, 0.4) is 0 Å². The fraction of sp³-hybridized carbons (Fsp3) is 0.533. The predicted molar refractivity (Wildman–Crippen MR) is 86.8 cm³/mol. The monoisotopic (exact) mass is 332 g/mol. The van der Waals surface area contributed by atoms with Crippen molar-refractivity contribution in [1.29, 1.82) is 0 Å². The molecule has 1 aliphatic rings. The third kappa shape index (κ3) is 4.58. The molecule has 21 heavy (non-hydrogen) atoms. The van der Waals surface area contributed by atoms with E-state index in [-0.39, 0.29) is 24.4 Å². The van der Waals surface area contributed by atoms with Gasteiger partial charge < -0.3 is 15.8 Å². The van der Waals surface area contributed by atoms with Crippen molar-refractivity contribution in [2.24, 2.45) is 5.73 Å². The summed E-state index contributed by atoms with van der Waals surface area (Å²) >= 11 is 6.00. The first-order chi connectivity index (χ1) is 9.42. The van der Waals surface area contributed by atoms with Crippen molar-refractivity contribution >= 4 is 29.9 Å². The molecule has 2 rings (SSSR count). The predicted octanol–water partition coefficient (Wildman–Crippen LogP) is 2.62. The number of ether oxygens (including phenoxy) is 1. The Morgan fingerprint density at radius 1 is 1.48 bits per heavy atom. The lowest BCUT2D eigenvalue weighted by Gasteiger charge is -2.28. The first kappa shape index (κ1) is 18.2. The number of carbonyl (C=O) groups is 1. The molecule has 2 atom stereocenters. The average molecular weight is 333 g/mol. The summed E-state index contributed by atoms with van der Waals surface area (Å²) in [5.41, 5.74) is 6.03. The molecule has 6 heteroatoms. The minimum absolute atomic E-state index is 0. The van der Waals surface area contributed by atoms with Crippen LogP contribution in [-0.2, 0) is 15.1 Å². The topological polar surface area (TPSA) is 64.4 Å². The summed E-state index contributed by atoms with van der Waals surface area (Å²) in [5, 5.41) is 3.68. The third-order valence-electron chi connectivity index (χ3n) is 3.64. The summed E-state index contributed by atoms with van der Waals surface area (Å²) in [6.07, 6.45) is 1.16. The molecule has 1 aliphatic heterocycles. The van der Waals surface area contributed by atoms with Crippen molar-refractivity contribution < 1.29 is 9.53 Å². The highest BCUT2D eigenvalue weighted by molar-refractivity contribution is 6.30. The van der Waals surface area contributed by atoms with Gasteiger partial charge in [-0.3, -0.25) is 4.79 Å². The summed E-state index contributed by atoms with van der Waals surface area (Å²) < 4.78 is 5.61. The van der Waals surface area contributed by atoms with Crippen LogP contribution < -0.4 is 11.1 Å². The van der Waals surface area contributed by atoms with E-state index in [1.54, 1.807) is 0 Å². The van der Waals surface area contributed by atoms with Crippen LogP contribution in [0.25, 0.3) is 0 Å².